The molecular formula is C13H22N2O3. The quantitative estimate of drug-likeness (QED) is 0.715. The highest BCUT2D eigenvalue weighted by Gasteiger charge is 2.39. The molecule has 5 heteroatoms. The van der Waals surface area contributed by atoms with Gasteiger partial charge < -0.3 is 15.7 Å². The fraction of sp³-hybridized carbons (Fsp3) is 0.846. The number of aliphatic carboxylic acids is 1. The van der Waals surface area contributed by atoms with Gasteiger partial charge in [0.05, 0.1) is 5.92 Å². The van der Waals surface area contributed by atoms with E-state index in [0.29, 0.717) is 18.8 Å². The number of carboxylic acid groups (broad SMARTS) is 1. The first-order valence-electron chi connectivity index (χ1n) is 6.70. The molecule has 0 heterocycles. The van der Waals surface area contributed by atoms with Crippen molar-refractivity contribution in [3.8, 4) is 0 Å². The van der Waals surface area contributed by atoms with Crippen LogP contribution in [0.4, 0.5) is 4.79 Å². The summed E-state index contributed by atoms with van der Waals surface area (Å²) in [6, 6.07) is -0.163. The van der Waals surface area contributed by atoms with Crippen LogP contribution in [0.15, 0.2) is 0 Å². The van der Waals surface area contributed by atoms with Crippen LogP contribution in [-0.4, -0.2) is 28.7 Å². The third-order valence-corrected chi connectivity index (χ3v) is 4.15. The Kier molecular flexibility index (Phi) is 3.50. The summed E-state index contributed by atoms with van der Waals surface area (Å²) < 4.78 is 0. The number of amides is 2. The van der Waals surface area contributed by atoms with Crippen molar-refractivity contribution in [1.82, 2.24) is 10.6 Å². The number of hydrogen-bond acceptors (Lipinski definition) is 2. The summed E-state index contributed by atoms with van der Waals surface area (Å²) >= 11 is 0. The van der Waals surface area contributed by atoms with Gasteiger partial charge in [0.25, 0.3) is 0 Å². The second-order valence-electron chi connectivity index (χ2n) is 6.14. The smallest absolute Gasteiger partial charge is 0.315 e. The number of carbonyl (C=O) groups is 2. The zero-order valence-electron chi connectivity index (χ0n) is 11.0. The molecule has 0 spiro atoms. The van der Waals surface area contributed by atoms with Crippen molar-refractivity contribution in [3.63, 3.8) is 0 Å². The normalized spacial score (nSPS) is 27.9. The summed E-state index contributed by atoms with van der Waals surface area (Å²) in [6.45, 7) is 4.08. The Morgan fingerprint density at radius 2 is 1.83 bits per heavy atom. The molecular weight excluding hydrogens is 232 g/mol. The number of rotatable bonds is 4. The second kappa shape index (κ2) is 4.78. The van der Waals surface area contributed by atoms with Crippen LogP contribution in [0.1, 0.15) is 46.0 Å². The van der Waals surface area contributed by atoms with E-state index < -0.39 is 5.97 Å². The third-order valence-electron chi connectivity index (χ3n) is 4.15. The first-order valence-corrected chi connectivity index (χ1v) is 6.70. The predicted molar refractivity (Wildman–Crippen MR) is 67.2 cm³/mol. The van der Waals surface area contributed by atoms with Crippen molar-refractivity contribution in [1.29, 1.82) is 0 Å². The van der Waals surface area contributed by atoms with Crippen molar-refractivity contribution in [2.75, 3.05) is 0 Å². The van der Waals surface area contributed by atoms with E-state index in [1.54, 1.807) is 0 Å². The summed E-state index contributed by atoms with van der Waals surface area (Å²) in [5, 5.41) is 14.8. The molecule has 18 heavy (non-hydrogen) atoms. The molecule has 0 unspecified atom stereocenters. The average molecular weight is 254 g/mol. The van der Waals surface area contributed by atoms with E-state index in [9.17, 15) is 9.59 Å². The lowest BCUT2D eigenvalue weighted by molar-refractivity contribution is -0.141. The third kappa shape index (κ3) is 3.15. The summed E-state index contributed by atoms with van der Waals surface area (Å²) in [4.78, 5) is 22.7. The topological polar surface area (TPSA) is 78.4 Å². The molecule has 0 bridgehead atoms. The highest BCUT2D eigenvalue weighted by molar-refractivity contribution is 5.75. The molecule has 2 amide bonds. The van der Waals surface area contributed by atoms with E-state index in [2.05, 4.69) is 10.6 Å². The minimum atomic E-state index is -0.752. The predicted octanol–water partition coefficient (Wildman–Crippen LogP) is 1.73. The number of nitrogens with one attached hydrogen (secondary N) is 2. The van der Waals surface area contributed by atoms with Gasteiger partial charge in [-0.3, -0.25) is 4.79 Å². The Morgan fingerprint density at radius 3 is 2.33 bits per heavy atom. The number of urea groups is 1. The monoisotopic (exact) mass is 254 g/mol. The second-order valence-corrected chi connectivity index (χ2v) is 6.14. The molecule has 0 aromatic heterocycles. The largest absolute Gasteiger partial charge is 0.481 e. The van der Waals surface area contributed by atoms with E-state index in [4.69, 9.17) is 5.11 Å². The fourth-order valence-electron chi connectivity index (χ4n) is 2.76. The molecule has 0 aromatic carbocycles. The number of carboxylic acids is 1. The van der Waals surface area contributed by atoms with Crippen LogP contribution in [0.3, 0.4) is 0 Å². The van der Waals surface area contributed by atoms with Gasteiger partial charge in [0, 0.05) is 11.6 Å². The van der Waals surface area contributed by atoms with Crippen LogP contribution in [-0.2, 0) is 4.79 Å². The lowest BCUT2D eigenvalue weighted by Crippen LogP contribution is -2.51. The summed E-state index contributed by atoms with van der Waals surface area (Å²) in [7, 11) is 0. The number of carbonyl (C=O) groups excluding carboxylic acids is 1. The van der Waals surface area contributed by atoms with Crippen molar-refractivity contribution in [3.05, 3.63) is 0 Å². The van der Waals surface area contributed by atoms with Crippen LogP contribution in [0.25, 0.3) is 0 Å². The van der Waals surface area contributed by atoms with Crippen LogP contribution in [0.5, 0.6) is 0 Å². The summed E-state index contributed by atoms with van der Waals surface area (Å²) in [6.07, 6.45) is 4.32. The van der Waals surface area contributed by atoms with E-state index in [-0.39, 0.29) is 23.5 Å². The lowest BCUT2D eigenvalue weighted by atomic mass is 9.99. The van der Waals surface area contributed by atoms with Crippen LogP contribution < -0.4 is 10.6 Å². The highest BCUT2D eigenvalue weighted by atomic mass is 16.4. The Morgan fingerprint density at radius 1 is 1.17 bits per heavy atom. The molecule has 3 N–H and O–H groups in total. The van der Waals surface area contributed by atoms with Crippen molar-refractivity contribution < 1.29 is 14.7 Å². The van der Waals surface area contributed by atoms with Crippen molar-refractivity contribution in [2.45, 2.75) is 57.5 Å². The minimum absolute atomic E-state index is 0.00102. The Balaban J connectivity index is 1.76. The summed E-state index contributed by atoms with van der Waals surface area (Å²) in [5.41, 5.74) is -0.158. The molecule has 0 aliphatic heterocycles. The SMILES string of the molecule is CC(C)(NC(=O)N[C@H]1CC[C@@H](C(=O)O)C1)C1CC1. The first kappa shape index (κ1) is 13.2. The molecule has 0 saturated heterocycles. The lowest BCUT2D eigenvalue weighted by Gasteiger charge is -2.27. The molecule has 2 rings (SSSR count). The van der Waals surface area contributed by atoms with Gasteiger partial charge in [0.1, 0.15) is 0 Å². The summed E-state index contributed by atoms with van der Waals surface area (Å²) in [5.74, 6) is -0.469. The zero-order valence-corrected chi connectivity index (χ0v) is 11.0. The van der Waals surface area contributed by atoms with E-state index in [1.807, 2.05) is 13.8 Å². The minimum Gasteiger partial charge on any atom is -0.481 e. The van der Waals surface area contributed by atoms with E-state index in [1.165, 1.54) is 12.8 Å². The van der Waals surface area contributed by atoms with Crippen LogP contribution >= 0.6 is 0 Å². The Labute approximate surface area is 107 Å². The van der Waals surface area contributed by atoms with E-state index >= 15 is 0 Å². The Hall–Kier alpha value is -1.26. The Bertz CT molecular complexity index is 350. The molecule has 102 valence electrons. The van der Waals surface area contributed by atoms with Gasteiger partial charge in [-0.25, -0.2) is 4.79 Å². The maximum atomic E-state index is 11.9. The molecule has 2 fully saturated rings. The number of hydrogen-bond donors (Lipinski definition) is 3. The maximum absolute atomic E-state index is 11.9. The molecule has 0 radical (unpaired) electrons. The molecule has 2 aliphatic carbocycles. The van der Waals surface area contributed by atoms with Crippen LogP contribution in [0.2, 0.25) is 0 Å². The van der Waals surface area contributed by atoms with Gasteiger partial charge >= 0.3 is 12.0 Å². The van der Waals surface area contributed by atoms with E-state index in [0.717, 1.165) is 6.42 Å². The molecule has 2 aliphatic rings. The van der Waals surface area contributed by atoms with Gasteiger partial charge in [0.2, 0.25) is 0 Å². The fourth-order valence-corrected chi connectivity index (χ4v) is 2.76. The first-order chi connectivity index (χ1) is 8.38. The van der Waals surface area contributed by atoms with Crippen LogP contribution in [0, 0.1) is 11.8 Å². The van der Waals surface area contributed by atoms with Gasteiger partial charge in [-0.1, -0.05) is 0 Å². The molecule has 0 aromatic rings. The standard InChI is InChI=1S/C13H22N2O3/c1-13(2,9-4-5-9)15-12(18)14-10-6-3-8(7-10)11(16)17/h8-10H,3-7H2,1-2H3,(H,16,17)(H2,14,15,18)/t8-,10+/m1/s1. The highest BCUT2D eigenvalue weighted by Crippen LogP contribution is 2.39. The zero-order chi connectivity index (χ0) is 13.3. The maximum Gasteiger partial charge on any atom is 0.315 e. The molecule has 5 nitrogen and oxygen atoms in total. The van der Waals surface area contributed by atoms with Gasteiger partial charge in [-0.2, -0.15) is 0 Å². The van der Waals surface area contributed by atoms with Gasteiger partial charge in [0.15, 0.2) is 0 Å². The van der Waals surface area contributed by atoms with Crippen molar-refractivity contribution in [2.24, 2.45) is 11.8 Å². The van der Waals surface area contributed by atoms with Gasteiger partial charge in [-0.15, -0.1) is 0 Å². The van der Waals surface area contributed by atoms with Gasteiger partial charge in [-0.05, 0) is 51.9 Å². The average Bonchev–Trinajstić information content (AvgIpc) is 3.00. The molecule has 2 atom stereocenters. The van der Waals surface area contributed by atoms with Crippen molar-refractivity contribution >= 4 is 12.0 Å². The molecule has 2 saturated carbocycles.